The molecule has 0 spiro atoms. The van der Waals surface area contributed by atoms with Crippen LogP contribution in [0.1, 0.15) is 10.6 Å². The minimum atomic E-state index is 0.561. The van der Waals surface area contributed by atoms with Gasteiger partial charge in [-0.25, -0.2) is 4.98 Å². The van der Waals surface area contributed by atoms with Crippen molar-refractivity contribution < 1.29 is 0 Å². The van der Waals surface area contributed by atoms with Gasteiger partial charge < -0.3 is 0 Å². The number of anilines is 3. The average Bonchev–Trinajstić information content (AvgIpc) is 3.42. The van der Waals surface area contributed by atoms with Crippen molar-refractivity contribution in [1.29, 1.82) is 5.26 Å². The summed E-state index contributed by atoms with van der Waals surface area (Å²) < 4.78 is 0. The molecule has 0 unspecified atom stereocenters. The first-order chi connectivity index (χ1) is 18.3. The van der Waals surface area contributed by atoms with Crippen LogP contribution in [0.5, 0.6) is 0 Å². The lowest BCUT2D eigenvalue weighted by atomic mass is 10.0. The maximum Gasteiger partial charge on any atom is 0.101 e. The smallest absolute Gasteiger partial charge is 0.101 e. The Morgan fingerprint density at radius 1 is 0.703 bits per heavy atom. The highest BCUT2D eigenvalue weighted by atomic mass is 32.2. The van der Waals surface area contributed by atoms with Gasteiger partial charge in [-0.1, -0.05) is 78.5 Å². The molecule has 0 radical (unpaired) electrons. The van der Waals surface area contributed by atoms with Crippen molar-refractivity contribution >= 4 is 72.8 Å². The highest BCUT2D eigenvalue weighted by molar-refractivity contribution is 7.99. The highest BCUT2D eigenvalue weighted by Gasteiger charge is 2.25. The molecule has 0 bridgehead atoms. The van der Waals surface area contributed by atoms with Crippen molar-refractivity contribution in [3.8, 4) is 6.07 Å². The summed E-state index contributed by atoms with van der Waals surface area (Å²) in [7, 11) is 0. The van der Waals surface area contributed by atoms with E-state index in [0.29, 0.717) is 5.57 Å². The molecule has 0 fully saturated rings. The number of benzene rings is 4. The van der Waals surface area contributed by atoms with Crippen LogP contribution in [-0.2, 0) is 0 Å². The van der Waals surface area contributed by atoms with Gasteiger partial charge in [-0.05, 0) is 53.9 Å². The molecule has 4 aromatic carbocycles. The molecule has 174 valence electrons. The maximum absolute atomic E-state index is 10.2. The number of nitriles is 1. The van der Waals surface area contributed by atoms with Crippen LogP contribution in [0.3, 0.4) is 0 Å². The second kappa shape index (κ2) is 8.94. The van der Waals surface area contributed by atoms with Gasteiger partial charge in [-0.2, -0.15) is 5.26 Å². The molecule has 0 aliphatic carbocycles. The maximum atomic E-state index is 10.2. The third kappa shape index (κ3) is 3.70. The molecular weight excluding hydrogens is 491 g/mol. The summed E-state index contributed by atoms with van der Waals surface area (Å²) in [4.78, 5) is 10.7. The van der Waals surface area contributed by atoms with Crippen LogP contribution < -0.4 is 4.90 Å². The number of para-hydroxylation sites is 3. The first-order valence-corrected chi connectivity index (χ1v) is 13.6. The van der Waals surface area contributed by atoms with E-state index in [9.17, 15) is 5.26 Å². The van der Waals surface area contributed by atoms with E-state index in [1.54, 1.807) is 23.1 Å². The van der Waals surface area contributed by atoms with Crippen LogP contribution in [0.2, 0.25) is 0 Å². The second-order valence-electron chi connectivity index (χ2n) is 8.74. The molecular formula is C32H19N3S2. The van der Waals surface area contributed by atoms with Crippen molar-refractivity contribution in [2.45, 2.75) is 9.79 Å². The first-order valence-electron chi connectivity index (χ1n) is 12.0. The summed E-state index contributed by atoms with van der Waals surface area (Å²) in [6.07, 6.45) is 1.97. The topological polar surface area (TPSA) is 39.9 Å². The Balaban J connectivity index is 1.36. The highest BCUT2D eigenvalue weighted by Crippen LogP contribution is 2.52. The quantitative estimate of drug-likeness (QED) is 0.176. The minimum absolute atomic E-state index is 0.561. The van der Waals surface area contributed by atoms with Gasteiger partial charge in [0.15, 0.2) is 0 Å². The Hall–Kier alpha value is -4.37. The van der Waals surface area contributed by atoms with Gasteiger partial charge in [0, 0.05) is 25.4 Å². The zero-order valence-electron chi connectivity index (χ0n) is 19.6. The summed E-state index contributed by atoms with van der Waals surface area (Å²) in [5, 5.41) is 14.5. The Kier molecular flexibility index (Phi) is 5.28. The molecule has 0 N–H and O–H groups in total. The van der Waals surface area contributed by atoms with Gasteiger partial charge in [0.05, 0.1) is 28.2 Å². The number of aromatic nitrogens is 1. The van der Waals surface area contributed by atoms with E-state index in [1.807, 2.05) is 42.5 Å². The van der Waals surface area contributed by atoms with E-state index in [-0.39, 0.29) is 0 Å². The SMILES string of the molecule is N#C/C(=C\c1ccc(N2c3ccccc3Sc3ccccc32)s1)c1nc2ccccc2c2ccccc12. The van der Waals surface area contributed by atoms with E-state index in [4.69, 9.17) is 4.98 Å². The number of rotatable bonds is 3. The number of pyridine rings is 1. The Morgan fingerprint density at radius 2 is 1.32 bits per heavy atom. The summed E-state index contributed by atoms with van der Waals surface area (Å²) >= 11 is 3.48. The fourth-order valence-electron chi connectivity index (χ4n) is 4.89. The molecule has 0 amide bonds. The first kappa shape index (κ1) is 21.9. The van der Waals surface area contributed by atoms with Gasteiger partial charge in [0.25, 0.3) is 0 Å². The number of fused-ring (bicyclic) bond motifs is 5. The van der Waals surface area contributed by atoms with Crippen molar-refractivity contribution in [1.82, 2.24) is 4.98 Å². The number of nitrogens with zero attached hydrogens (tertiary/aromatic N) is 3. The minimum Gasteiger partial charge on any atom is -0.300 e. The molecule has 37 heavy (non-hydrogen) atoms. The summed E-state index contributed by atoms with van der Waals surface area (Å²) in [5.74, 6) is 0. The van der Waals surface area contributed by atoms with Crippen LogP contribution in [0, 0.1) is 11.3 Å². The van der Waals surface area contributed by atoms with Crippen molar-refractivity contribution in [2.75, 3.05) is 4.90 Å². The zero-order chi connectivity index (χ0) is 24.8. The van der Waals surface area contributed by atoms with Gasteiger partial charge in [0.2, 0.25) is 0 Å². The summed E-state index contributed by atoms with van der Waals surface area (Å²) in [5.41, 5.74) is 4.52. The molecule has 7 rings (SSSR count). The molecule has 5 heteroatoms. The molecule has 2 aromatic heterocycles. The van der Waals surface area contributed by atoms with E-state index in [2.05, 4.69) is 83.8 Å². The Bertz CT molecular complexity index is 1850. The molecule has 0 saturated carbocycles. The van der Waals surface area contributed by atoms with Crippen LogP contribution in [0.15, 0.2) is 119 Å². The predicted molar refractivity (Wildman–Crippen MR) is 156 cm³/mol. The molecule has 0 saturated heterocycles. The Morgan fingerprint density at radius 3 is 2.05 bits per heavy atom. The van der Waals surface area contributed by atoms with Crippen LogP contribution in [0.25, 0.3) is 33.3 Å². The van der Waals surface area contributed by atoms with Crippen molar-refractivity contribution in [2.24, 2.45) is 0 Å². The van der Waals surface area contributed by atoms with E-state index in [1.165, 1.54) is 21.2 Å². The lowest BCUT2D eigenvalue weighted by molar-refractivity contribution is 1.18. The zero-order valence-corrected chi connectivity index (χ0v) is 21.3. The van der Waals surface area contributed by atoms with Crippen LogP contribution >= 0.6 is 23.1 Å². The largest absolute Gasteiger partial charge is 0.300 e. The van der Waals surface area contributed by atoms with Gasteiger partial charge in [-0.3, -0.25) is 4.90 Å². The molecule has 3 heterocycles. The van der Waals surface area contributed by atoms with Crippen molar-refractivity contribution in [3.63, 3.8) is 0 Å². The van der Waals surface area contributed by atoms with Crippen LogP contribution in [0.4, 0.5) is 16.4 Å². The molecule has 1 aliphatic rings. The third-order valence-electron chi connectivity index (χ3n) is 6.54. The lowest BCUT2D eigenvalue weighted by Crippen LogP contribution is -2.13. The fourth-order valence-corrected chi connectivity index (χ4v) is 6.92. The van der Waals surface area contributed by atoms with Gasteiger partial charge >= 0.3 is 0 Å². The number of hydrogen-bond donors (Lipinski definition) is 0. The fraction of sp³-hybridized carbons (Fsp3) is 0. The van der Waals surface area contributed by atoms with E-state index >= 15 is 0 Å². The monoisotopic (exact) mass is 509 g/mol. The predicted octanol–water partition coefficient (Wildman–Crippen LogP) is 9.45. The molecule has 0 atom stereocenters. The third-order valence-corrected chi connectivity index (χ3v) is 8.68. The second-order valence-corrected chi connectivity index (χ2v) is 10.9. The van der Waals surface area contributed by atoms with Gasteiger partial charge in [-0.15, -0.1) is 11.3 Å². The number of hydrogen-bond acceptors (Lipinski definition) is 5. The standard InChI is InChI=1S/C32H19N3S2/c33-20-21(32-25-11-2-1-9-23(25)24-10-3-4-12-26(24)34-32)19-22-17-18-31(36-22)35-27-13-5-7-15-29(27)37-30-16-8-6-14-28(30)35/h1-19H/b21-19+. The normalized spacial score (nSPS) is 12.8. The van der Waals surface area contributed by atoms with E-state index in [0.717, 1.165) is 37.2 Å². The Labute approximate surface area is 223 Å². The van der Waals surface area contributed by atoms with Crippen molar-refractivity contribution in [3.05, 3.63) is 120 Å². The molecule has 1 aliphatic heterocycles. The average molecular weight is 510 g/mol. The molecule has 6 aromatic rings. The number of allylic oxidation sites excluding steroid dienone is 1. The lowest BCUT2D eigenvalue weighted by Gasteiger charge is -2.31. The van der Waals surface area contributed by atoms with Crippen LogP contribution in [-0.4, -0.2) is 4.98 Å². The summed E-state index contributed by atoms with van der Waals surface area (Å²) in [6.45, 7) is 0. The summed E-state index contributed by atoms with van der Waals surface area (Å²) in [6, 6.07) is 40.0. The number of thiophene rings is 1. The van der Waals surface area contributed by atoms with E-state index < -0.39 is 0 Å². The van der Waals surface area contributed by atoms with Gasteiger partial charge in [0.1, 0.15) is 11.1 Å². The molecule has 3 nitrogen and oxygen atoms in total.